The van der Waals surface area contributed by atoms with Crippen molar-refractivity contribution in [2.24, 2.45) is 5.73 Å². The number of carbonyl (C=O) groups is 2. The largest absolute Gasteiger partial charge is 0.363 e. The van der Waals surface area contributed by atoms with Crippen molar-refractivity contribution >= 4 is 23.8 Å². The summed E-state index contributed by atoms with van der Waals surface area (Å²) in [5.41, 5.74) is 4.74. The van der Waals surface area contributed by atoms with Crippen LogP contribution in [0.1, 0.15) is 12.8 Å². The number of nitrogens with two attached hydrogens (primary N) is 1. The van der Waals surface area contributed by atoms with Crippen molar-refractivity contribution in [1.82, 2.24) is 9.90 Å². The van der Waals surface area contributed by atoms with E-state index in [1.807, 2.05) is 0 Å². The number of hydrogen-bond acceptors (Lipinski definition) is 4. The van der Waals surface area contributed by atoms with Gasteiger partial charge in [0.1, 0.15) is 6.04 Å². The van der Waals surface area contributed by atoms with Crippen LogP contribution in [-0.4, -0.2) is 29.2 Å². The highest BCUT2D eigenvalue weighted by Gasteiger charge is 2.26. The molecule has 7 heteroatoms. The molecule has 74 valence electrons. The number of urea groups is 1. The highest BCUT2D eigenvalue weighted by molar-refractivity contribution is 6.20. The Kier molecular flexibility index (Phi) is 3.32. The topological polar surface area (TPSA) is 84.7 Å². The number of primary amides is 1. The third kappa shape index (κ3) is 2.74. The molecule has 1 fully saturated rings. The molecule has 0 bridgehead atoms. The lowest BCUT2D eigenvalue weighted by Crippen LogP contribution is -2.38. The lowest BCUT2D eigenvalue weighted by Gasteiger charge is -2.13. The van der Waals surface area contributed by atoms with Gasteiger partial charge in [-0.15, -0.1) is 0 Å². The Labute approximate surface area is 80.0 Å². The minimum Gasteiger partial charge on any atom is -0.348 e. The molecular weight excluding hydrogens is 198 g/mol. The third-order valence-corrected chi connectivity index (χ3v) is 1.92. The van der Waals surface area contributed by atoms with E-state index in [2.05, 4.69) is 10.2 Å². The molecule has 1 aliphatic rings. The van der Waals surface area contributed by atoms with Gasteiger partial charge in [-0.25, -0.2) is 9.59 Å². The Morgan fingerprint density at radius 2 is 2.31 bits per heavy atom. The van der Waals surface area contributed by atoms with Crippen molar-refractivity contribution < 1.29 is 14.4 Å². The van der Waals surface area contributed by atoms with Crippen LogP contribution in [0.25, 0.3) is 0 Å². The van der Waals surface area contributed by atoms with Gasteiger partial charge in [0.25, 0.3) is 0 Å². The molecule has 0 spiro atoms. The van der Waals surface area contributed by atoms with Gasteiger partial charge < -0.3 is 15.9 Å². The van der Waals surface area contributed by atoms with E-state index in [0.29, 0.717) is 6.42 Å². The number of nitrogens with zero attached hydrogens (tertiary/aromatic N) is 1. The maximum atomic E-state index is 11.1. The highest BCUT2D eigenvalue weighted by Crippen LogP contribution is 2.08. The lowest BCUT2D eigenvalue weighted by atomic mass is 10.2. The van der Waals surface area contributed by atoms with E-state index in [-0.39, 0.29) is 10.6 Å². The number of amides is 2. The smallest absolute Gasteiger partial charge is 0.348 e. The van der Waals surface area contributed by atoms with Crippen LogP contribution in [0.2, 0.25) is 0 Å². The van der Waals surface area contributed by atoms with Crippen molar-refractivity contribution in [3.8, 4) is 0 Å². The molecule has 2 amide bonds. The van der Waals surface area contributed by atoms with Crippen LogP contribution in [0.4, 0.5) is 4.79 Å². The minimum atomic E-state index is -1.02. The first kappa shape index (κ1) is 10.1. The second-order valence-corrected chi connectivity index (χ2v) is 2.95. The van der Waals surface area contributed by atoms with E-state index in [1.54, 1.807) is 0 Å². The summed E-state index contributed by atoms with van der Waals surface area (Å²) < 4.78 is 0.197. The van der Waals surface area contributed by atoms with Gasteiger partial charge in [0, 0.05) is 0 Å². The van der Waals surface area contributed by atoms with Crippen LogP contribution in [0.15, 0.2) is 0 Å². The van der Waals surface area contributed by atoms with Crippen molar-refractivity contribution in [3.05, 3.63) is 0 Å². The zero-order valence-electron chi connectivity index (χ0n) is 6.83. The summed E-state index contributed by atoms with van der Waals surface area (Å²) in [6, 6.07) is -1.41. The standard InChI is InChI=1S/C6H10ClN3O3/c7-10(6(8)12)13-5(11)4-2-1-3-9-4/h4,9H,1-3H2,(H2,8,12)/t4-/m0/s1. The average molecular weight is 208 g/mol. The van der Waals surface area contributed by atoms with Gasteiger partial charge in [0.15, 0.2) is 0 Å². The third-order valence-electron chi connectivity index (χ3n) is 1.69. The van der Waals surface area contributed by atoms with Crippen molar-refractivity contribution in [3.63, 3.8) is 0 Å². The Morgan fingerprint density at radius 3 is 2.77 bits per heavy atom. The summed E-state index contributed by atoms with van der Waals surface area (Å²) >= 11 is 5.18. The van der Waals surface area contributed by atoms with Gasteiger partial charge in [0.05, 0.1) is 11.8 Å². The quantitative estimate of drug-likeness (QED) is 0.458. The van der Waals surface area contributed by atoms with E-state index in [9.17, 15) is 9.59 Å². The van der Waals surface area contributed by atoms with Gasteiger partial charge in [0.2, 0.25) is 0 Å². The molecule has 0 aromatic heterocycles. The molecule has 1 aliphatic heterocycles. The molecule has 3 N–H and O–H groups in total. The number of hydroxylamine groups is 1. The summed E-state index contributed by atoms with van der Waals surface area (Å²) in [7, 11) is 0. The molecule has 13 heavy (non-hydrogen) atoms. The summed E-state index contributed by atoms with van der Waals surface area (Å²) in [5, 5.41) is 2.89. The van der Waals surface area contributed by atoms with Crippen LogP contribution < -0.4 is 11.1 Å². The zero-order valence-corrected chi connectivity index (χ0v) is 7.58. The van der Waals surface area contributed by atoms with E-state index in [1.165, 1.54) is 0 Å². The molecule has 0 unspecified atom stereocenters. The van der Waals surface area contributed by atoms with Crippen LogP contribution in [0.5, 0.6) is 0 Å². The fraction of sp³-hybridized carbons (Fsp3) is 0.667. The van der Waals surface area contributed by atoms with Gasteiger partial charge in [-0.05, 0) is 19.4 Å². The highest BCUT2D eigenvalue weighted by atomic mass is 35.5. The first-order valence-corrected chi connectivity index (χ1v) is 4.15. The van der Waals surface area contributed by atoms with Crippen molar-refractivity contribution in [1.29, 1.82) is 0 Å². The molecule has 1 heterocycles. The fourth-order valence-electron chi connectivity index (χ4n) is 1.07. The normalized spacial score (nSPS) is 21.2. The molecule has 1 saturated heterocycles. The molecule has 6 nitrogen and oxygen atoms in total. The van der Waals surface area contributed by atoms with E-state index in [0.717, 1.165) is 13.0 Å². The summed E-state index contributed by atoms with van der Waals surface area (Å²) in [6.45, 7) is 0.763. The molecule has 1 rings (SSSR count). The van der Waals surface area contributed by atoms with E-state index < -0.39 is 12.0 Å². The van der Waals surface area contributed by atoms with Gasteiger partial charge in [-0.3, -0.25) is 0 Å². The SMILES string of the molecule is NC(=O)N(Cl)OC(=O)[C@@H]1CCCN1. The summed E-state index contributed by atoms with van der Waals surface area (Å²) in [5.74, 6) is -0.591. The first-order chi connectivity index (χ1) is 6.11. The number of hydrogen-bond donors (Lipinski definition) is 2. The Morgan fingerprint density at radius 1 is 1.62 bits per heavy atom. The maximum absolute atomic E-state index is 11.1. The van der Waals surface area contributed by atoms with Crippen LogP contribution in [0, 0.1) is 0 Å². The van der Waals surface area contributed by atoms with E-state index in [4.69, 9.17) is 17.5 Å². The fourth-order valence-corrected chi connectivity index (χ4v) is 1.14. The predicted octanol–water partition coefficient (Wildman–Crippen LogP) is -0.269. The Bertz CT molecular complexity index is 217. The average Bonchev–Trinajstić information content (AvgIpc) is 2.55. The predicted molar refractivity (Wildman–Crippen MR) is 44.4 cm³/mol. The van der Waals surface area contributed by atoms with Crippen LogP contribution in [-0.2, 0) is 9.63 Å². The molecule has 0 aromatic rings. The van der Waals surface area contributed by atoms with Crippen LogP contribution in [0.3, 0.4) is 0 Å². The molecule has 0 aromatic carbocycles. The van der Waals surface area contributed by atoms with Crippen molar-refractivity contribution in [2.45, 2.75) is 18.9 Å². The molecule has 1 atom stereocenters. The number of carbonyl (C=O) groups excluding carboxylic acids is 2. The second-order valence-electron chi connectivity index (χ2n) is 2.64. The number of halogens is 1. The molecule has 0 radical (unpaired) electrons. The maximum Gasteiger partial charge on any atom is 0.363 e. The van der Waals surface area contributed by atoms with Gasteiger partial charge in [-0.1, -0.05) is 4.58 Å². The minimum absolute atomic E-state index is 0.197. The Balaban J connectivity index is 2.35. The number of rotatable bonds is 1. The number of nitrogens with one attached hydrogen (secondary N) is 1. The monoisotopic (exact) mass is 207 g/mol. The molecule has 0 aliphatic carbocycles. The lowest BCUT2D eigenvalue weighted by molar-refractivity contribution is -0.164. The van der Waals surface area contributed by atoms with Gasteiger partial charge >= 0.3 is 12.0 Å². The molecule has 0 saturated carbocycles. The zero-order chi connectivity index (χ0) is 9.84. The van der Waals surface area contributed by atoms with Crippen molar-refractivity contribution in [2.75, 3.05) is 6.54 Å². The first-order valence-electron chi connectivity index (χ1n) is 3.82. The Hall–Kier alpha value is -1.01. The summed E-state index contributed by atoms with van der Waals surface area (Å²) in [6.07, 6.45) is 1.58. The molecular formula is C6H10ClN3O3. The second kappa shape index (κ2) is 4.29. The summed E-state index contributed by atoms with van der Waals surface area (Å²) in [4.78, 5) is 25.9. The van der Waals surface area contributed by atoms with Crippen LogP contribution >= 0.6 is 11.8 Å². The van der Waals surface area contributed by atoms with E-state index >= 15 is 0 Å². The van der Waals surface area contributed by atoms with Gasteiger partial charge in [-0.2, -0.15) is 0 Å².